The number of carboxylic acid groups (broad SMARTS) is 1. The lowest BCUT2D eigenvalue weighted by molar-refractivity contribution is -0.137. The summed E-state index contributed by atoms with van der Waals surface area (Å²) in [6.45, 7) is 6.11. The van der Waals surface area contributed by atoms with Crippen LogP contribution in [0.15, 0.2) is 18.2 Å². The minimum Gasteiger partial charge on any atom is -0.508 e. The fourth-order valence-electron chi connectivity index (χ4n) is 3.16. The highest BCUT2D eigenvalue weighted by Crippen LogP contribution is 2.32. The summed E-state index contributed by atoms with van der Waals surface area (Å²) in [5.74, 6) is 0.187. The normalized spacial score (nSPS) is 18.6. The van der Waals surface area contributed by atoms with E-state index in [1.807, 2.05) is 13.0 Å². The SMILES string of the molecule is Cc1ccc(O)c(C(C)N2CCC(CCC(=O)O)CC2)c1. The van der Waals surface area contributed by atoms with Crippen molar-refractivity contribution in [2.24, 2.45) is 5.92 Å². The molecule has 1 unspecified atom stereocenters. The number of nitrogens with zero attached hydrogens (tertiary/aromatic N) is 1. The zero-order valence-corrected chi connectivity index (χ0v) is 12.9. The number of benzene rings is 1. The molecule has 0 amide bonds. The molecule has 4 nitrogen and oxygen atoms in total. The first-order valence-corrected chi connectivity index (χ1v) is 7.72. The van der Waals surface area contributed by atoms with Gasteiger partial charge in [-0.25, -0.2) is 0 Å². The first-order valence-electron chi connectivity index (χ1n) is 7.72. The maximum Gasteiger partial charge on any atom is 0.303 e. The molecule has 2 rings (SSSR count). The van der Waals surface area contributed by atoms with Crippen LogP contribution in [0, 0.1) is 12.8 Å². The van der Waals surface area contributed by atoms with Gasteiger partial charge in [-0.15, -0.1) is 0 Å². The van der Waals surface area contributed by atoms with Gasteiger partial charge in [-0.05, 0) is 58.2 Å². The Morgan fingerprint density at radius 3 is 2.67 bits per heavy atom. The minimum absolute atomic E-state index is 0.199. The molecular weight excluding hydrogens is 266 g/mol. The Hall–Kier alpha value is -1.55. The Morgan fingerprint density at radius 1 is 1.38 bits per heavy atom. The summed E-state index contributed by atoms with van der Waals surface area (Å²) in [6.07, 6.45) is 3.15. The van der Waals surface area contributed by atoms with Gasteiger partial charge in [0.05, 0.1) is 0 Å². The zero-order valence-electron chi connectivity index (χ0n) is 12.9. The summed E-state index contributed by atoms with van der Waals surface area (Å²) in [5.41, 5.74) is 2.14. The second kappa shape index (κ2) is 6.94. The summed E-state index contributed by atoms with van der Waals surface area (Å²) in [6, 6.07) is 5.94. The molecule has 1 atom stereocenters. The monoisotopic (exact) mass is 291 g/mol. The average molecular weight is 291 g/mol. The van der Waals surface area contributed by atoms with Crippen LogP contribution >= 0.6 is 0 Å². The van der Waals surface area contributed by atoms with Gasteiger partial charge in [0.15, 0.2) is 0 Å². The number of aromatic hydroxyl groups is 1. The van der Waals surface area contributed by atoms with E-state index in [9.17, 15) is 9.90 Å². The highest BCUT2D eigenvalue weighted by molar-refractivity contribution is 5.66. The predicted molar refractivity (Wildman–Crippen MR) is 82.4 cm³/mol. The van der Waals surface area contributed by atoms with Crippen LogP contribution in [0.2, 0.25) is 0 Å². The van der Waals surface area contributed by atoms with Crippen LogP contribution in [0.25, 0.3) is 0 Å². The molecule has 2 N–H and O–H groups in total. The molecule has 21 heavy (non-hydrogen) atoms. The number of phenols is 1. The topological polar surface area (TPSA) is 60.8 Å². The van der Waals surface area contributed by atoms with E-state index in [0.717, 1.165) is 43.5 Å². The lowest BCUT2D eigenvalue weighted by atomic mass is 9.90. The van der Waals surface area contributed by atoms with Crippen molar-refractivity contribution in [1.82, 2.24) is 4.90 Å². The first kappa shape index (κ1) is 15.8. The Labute approximate surface area is 126 Å². The number of carbonyl (C=O) groups is 1. The molecule has 1 aliphatic rings. The van der Waals surface area contributed by atoms with Gasteiger partial charge >= 0.3 is 5.97 Å². The van der Waals surface area contributed by atoms with Crippen LogP contribution in [0.4, 0.5) is 0 Å². The van der Waals surface area contributed by atoms with Crippen LogP contribution in [0.1, 0.15) is 49.8 Å². The van der Waals surface area contributed by atoms with Gasteiger partial charge in [0.2, 0.25) is 0 Å². The largest absolute Gasteiger partial charge is 0.508 e. The number of rotatable bonds is 5. The van der Waals surface area contributed by atoms with Gasteiger partial charge in [0.1, 0.15) is 5.75 Å². The molecule has 1 aromatic rings. The smallest absolute Gasteiger partial charge is 0.303 e. The van der Waals surface area contributed by atoms with Crippen LogP contribution in [-0.2, 0) is 4.79 Å². The number of piperidine rings is 1. The molecule has 0 bridgehead atoms. The number of aliphatic carboxylic acids is 1. The van der Waals surface area contributed by atoms with Crippen molar-refractivity contribution in [3.63, 3.8) is 0 Å². The van der Waals surface area contributed by atoms with Gasteiger partial charge in [-0.2, -0.15) is 0 Å². The van der Waals surface area contributed by atoms with E-state index < -0.39 is 5.97 Å². The molecule has 0 aliphatic carbocycles. The number of carboxylic acids is 1. The van der Waals surface area contributed by atoms with E-state index >= 15 is 0 Å². The molecule has 0 radical (unpaired) electrons. The molecule has 1 aromatic carbocycles. The van der Waals surface area contributed by atoms with Gasteiger partial charge in [-0.3, -0.25) is 9.69 Å². The van der Waals surface area contributed by atoms with Crippen LogP contribution in [-0.4, -0.2) is 34.2 Å². The maximum absolute atomic E-state index is 10.6. The summed E-state index contributed by atoms with van der Waals surface area (Å²) in [5, 5.41) is 18.8. The van der Waals surface area contributed by atoms with Crippen molar-refractivity contribution in [2.45, 2.75) is 45.6 Å². The maximum atomic E-state index is 10.6. The standard InChI is InChI=1S/C17H25NO3/c1-12-3-5-16(19)15(11-12)13(2)18-9-7-14(8-10-18)4-6-17(20)21/h3,5,11,13-14,19H,4,6-10H2,1-2H3,(H,20,21). The van der Waals surface area contributed by atoms with Gasteiger partial charge in [0.25, 0.3) is 0 Å². The van der Waals surface area contributed by atoms with E-state index in [1.54, 1.807) is 6.07 Å². The van der Waals surface area contributed by atoms with Gasteiger partial charge in [0, 0.05) is 18.0 Å². The second-order valence-electron chi connectivity index (χ2n) is 6.15. The lowest BCUT2D eigenvalue weighted by Gasteiger charge is -2.36. The fraction of sp³-hybridized carbons (Fsp3) is 0.588. The molecule has 1 fully saturated rings. The number of aryl methyl sites for hydroxylation is 1. The molecule has 0 spiro atoms. The second-order valence-corrected chi connectivity index (χ2v) is 6.15. The zero-order chi connectivity index (χ0) is 15.4. The van der Waals surface area contributed by atoms with Gasteiger partial charge < -0.3 is 10.2 Å². The van der Waals surface area contributed by atoms with Crippen LogP contribution in [0.3, 0.4) is 0 Å². The molecule has 0 aromatic heterocycles. The molecule has 1 heterocycles. The molecule has 1 saturated heterocycles. The summed E-state index contributed by atoms with van der Waals surface area (Å²) >= 11 is 0. The van der Waals surface area contributed by atoms with Crippen molar-refractivity contribution in [2.75, 3.05) is 13.1 Å². The molecule has 116 valence electrons. The highest BCUT2D eigenvalue weighted by Gasteiger charge is 2.25. The van der Waals surface area contributed by atoms with E-state index in [4.69, 9.17) is 5.11 Å². The van der Waals surface area contributed by atoms with Crippen LogP contribution < -0.4 is 0 Å². The van der Waals surface area contributed by atoms with Crippen molar-refractivity contribution in [1.29, 1.82) is 0 Å². The number of likely N-dealkylation sites (tertiary alicyclic amines) is 1. The van der Waals surface area contributed by atoms with E-state index in [-0.39, 0.29) is 12.5 Å². The Bertz CT molecular complexity index is 493. The molecular formula is C17H25NO3. The number of hydrogen-bond donors (Lipinski definition) is 2. The Kier molecular flexibility index (Phi) is 5.23. The van der Waals surface area contributed by atoms with Crippen molar-refractivity contribution in [3.8, 4) is 5.75 Å². The Morgan fingerprint density at radius 2 is 2.05 bits per heavy atom. The first-order chi connectivity index (χ1) is 9.97. The van der Waals surface area contributed by atoms with Gasteiger partial charge in [-0.1, -0.05) is 17.7 Å². The summed E-state index contributed by atoms with van der Waals surface area (Å²) in [7, 11) is 0. The summed E-state index contributed by atoms with van der Waals surface area (Å²) in [4.78, 5) is 13.0. The van der Waals surface area contributed by atoms with E-state index in [2.05, 4.69) is 17.9 Å². The minimum atomic E-state index is -0.699. The van der Waals surface area contributed by atoms with Crippen molar-refractivity contribution < 1.29 is 15.0 Å². The quantitative estimate of drug-likeness (QED) is 0.873. The van der Waals surface area contributed by atoms with Crippen molar-refractivity contribution in [3.05, 3.63) is 29.3 Å². The average Bonchev–Trinajstić information content (AvgIpc) is 2.47. The van der Waals surface area contributed by atoms with E-state index in [1.165, 1.54) is 0 Å². The van der Waals surface area contributed by atoms with E-state index in [0.29, 0.717) is 11.7 Å². The number of phenolic OH excluding ortho intramolecular Hbond substituents is 1. The third-order valence-corrected chi connectivity index (χ3v) is 4.60. The molecule has 1 aliphatic heterocycles. The fourth-order valence-corrected chi connectivity index (χ4v) is 3.16. The Balaban J connectivity index is 1.92. The third-order valence-electron chi connectivity index (χ3n) is 4.60. The van der Waals surface area contributed by atoms with Crippen molar-refractivity contribution >= 4 is 5.97 Å². The third kappa shape index (κ3) is 4.21. The molecule has 4 heteroatoms. The predicted octanol–water partition coefficient (Wildman–Crippen LogP) is 3.34. The lowest BCUT2D eigenvalue weighted by Crippen LogP contribution is -2.35. The number of hydrogen-bond acceptors (Lipinski definition) is 3. The van der Waals surface area contributed by atoms with Crippen LogP contribution in [0.5, 0.6) is 5.75 Å². The highest BCUT2D eigenvalue weighted by atomic mass is 16.4. The summed E-state index contributed by atoms with van der Waals surface area (Å²) < 4.78 is 0. The molecule has 0 saturated carbocycles.